The SMILES string of the molecule is O=C1CCC(N2Cc3ccc(CNCCCC4CNCCO4)cc3C2=O)C(=O)N1. The van der Waals surface area contributed by atoms with E-state index in [-0.39, 0.29) is 24.1 Å². The molecule has 1 aromatic carbocycles. The van der Waals surface area contributed by atoms with Crippen molar-refractivity contribution < 1.29 is 19.1 Å². The van der Waals surface area contributed by atoms with Crippen LogP contribution in [0.2, 0.25) is 0 Å². The van der Waals surface area contributed by atoms with Gasteiger partial charge in [0.2, 0.25) is 11.8 Å². The first-order valence-electron chi connectivity index (χ1n) is 10.4. The number of carbonyl (C=O) groups excluding carboxylic acids is 3. The maximum absolute atomic E-state index is 12.8. The number of rotatable bonds is 7. The van der Waals surface area contributed by atoms with E-state index in [0.717, 1.165) is 50.2 Å². The maximum atomic E-state index is 12.8. The van der Waals surface area contributed by atoms with Crippen LogP contribution in [0.1, 0.15) is 47.2 Å². The molecule has 8 heteroatoms. The molecule has 4 rings (SSSR count). The number of benzene rings is 1. The Bertz CT molecular complexity index is 791. The first-order valence-corrected chi connectivity index (χ1v) is 10.4. The van der Waals surface area contributed by atoms with Crippen molar-refractivity contribution in [1.82, 2.24) is 20.9 Å². The smallest absolute Gasteiger partial charge is 0.255 e. The molecule has 8 nitrogen and oxygen atoms in total. The fraction of sp³-hybridized carbons (Fsp3) is 0.571. The summed E-state index contributed by atoms with van der Waals surface area (Å²) in [5.41, 5.74) is 2.65. The van der Waals surface area contributed by atoms with Crippen molar-refractivity contribution in [2.24, 2.45) is 0 Å². The highest BCUT2D eigenvalue weighted by atomic mass is 16.5. The molecule has 0 saturated carbocycles. The molecule has 2 unspecified atom stereocenters. The number of carbonyl (C=O) groups is 3. The van der Waals surface area contributed by atoms with Gasteiger partial charge in [-0.25, -0.2) is 0 Å². The number of piperidine rings is 1. The fourth-order valence-corrected chi connectivity index (χ4v) is 4.20. The van der Waals surface area contributed by atoms with E-state index >= 15 is 0 Å². The number of morpholine rings is 1. The van der Waals surface area contributed by atoms with Crippen molar-refractivity contribution >= 4 is 17.7 Å². The average molecular weight is 400 g/mol. The number of ether oxygens (including phenoxy) is 1. The molecule has 1 aromatic rings. The van der Waals surface area contributed by atoms with E-state index in [0.29, 0.717) is 31.2 Å². The summed E-state index contributed by atoms with van der Waals surface area (Å²) in [5.74, 6) is -0.769. The molecular weight excluding hydrogens is 372 g/mol. The molecule has 0 spiro atoms. The number of hydrogen-bond acceptors (Lipinski definition) is 6. The highest BCUT2D eigenvalue weighted by molar-refractivity contribution is 6.05. The molecule has 3 N–H and O–H groups in total. The quantitative estimate of drug-likeness (QED) is 0.450. The van der Waals surface area contributed by atoms with Crippen LogP contribution in [0, 0.1) is 0 Å². The summed E-state index contributed by atoms with van der Waals surface area (Å²) < 4.78 is 5.70. The zero-order chi connectivity index (χ0) is 20.2. The van der Waals surface area contributed by atoms with Crippen molar-refractivity contribution in [2.75, 3.05) is 26.2 Å². The second-order valence-corrected chi connectivity index (χ2v) is 7.91. The van der Waals surface area contributed by atoms with Crippen LogP contribution in [0.15, 0.2) is 18.2 Å². The summed E-state index contributed by atoms with van der Waals surface area (Å²) >= 11 is 0. The molecule has 156 valence electrons. The predicted molar refractivity (Wildman–Crippen MR) is 106 cm³/mol. The number of nitrogens with one attached hydrogen (secondary N) is 3. The topological polar surface area (TPSA) is 99.8 Å². The number of hydrogen-bond donors (Lipinski definition) is 3. The van der Waals surface area contributed by atoms with Crippen LogP contribution < -0.4 is 16.0 Å². The lowest BCUT2D eigenvalue weighted by Gasteiger charge is -2.29. The van der Waals surface area contributed by atoms with E-state index < -0.39 is 6.04 Å². The van der Waals surface area contributed by atoms with Gasteiger partial charge in [-0.1, -0.05) is 12.1 Å². The van der Waals surface area contributed by atoms with E-state index in [2.05, 4.69) is 16.0 Å². The fourth-order valence-electron chi connectivity index (χ4n) is 4.20. The standard InChI is InChI=1S/C21H28N4O4/c26-19-6-5-18(20(27)24-19)25-13-15-4-3-14(10-17(15)21(25)28)11-22-7-1-2-16-12-23-8-9-29-16/h3-4,10,16,18,22-23H,1-2,5-9,11-13H2,(H,24,26,27). The predicted octanol–water partition coefficient (Wildman–Crippen LogP) is 0.306. The zero-order valence-electron chi connectivity index (χ0n) is 16.5. The maximum Gasteiger partial charge on any atom is 0.255 e. The molecule has 3 amide bonds. The third kappa shape index (κ3) is 4.66. The number of amides is 3. The highest BCUT2D eigenvalue weighted by Gasteiger charge is 2.39. The molecule has 2 fully saturated rings. The van der Waals surface area contributed by atoms with Crippen molar-refractivity contribution in [3.63, 3.8) is 0 Å². The van der Waals surface area contributed by atoms with Gasteiger partial charge in [0.25, 0.3) is 5.91 Å². The molecule has 29 heavy (non-hydrogen) atoms. The molecule has 0 aromatic heterocycles. The third-order valence-corrected chi connectivity index (χ3v) is 5.81. The van der Waals surface area contributed by atoms with Gasteiger partial charge in [-0.2, -0.15) is 0 Å². The summed E-state index contributed by atoms with van der Waals surface area (Å²) in [5, 5.41) is 9.10. The van der Waals surface area contributed by atoms with Crippen LogP contribution in [0.4, 0.5) is 0 Å². The van der Waals surface area contributed by atoms with Gasteiger partial charge in [0.15, 0.2) is 0 Å². The lowest BCUT2D eigenvalue weighted by molar-refractivity contribution is -0.136. The van der Waals surface area contributed by atoms with Crippen LogP contribution in [0.3, 0.4) is 0 Å². The lowest BCUT2D eigenvalue weighted by atomic mass is 10.0. The van der Waals surface area contributed by atoms with Gasteiger partial charge in [0, 0.05) is 38.2 Å². The summed E-state index contributed by atoms with van der Waals surface area (Å²) in [6, 6.07) is 5.36. The van der Waals surface area contributed by atoms with Gasteiger partial charge in [-0.05, 0) is 43.0 Å². The second-order valence-electron chi connectivity index (χ2n) is 7.91. The van der Waals surface area contributed by atoms with Gasteiger partial charge in [0.05, 0.1) is 12.7 Å². The molecule has 3 aliphatic heterocycles. The van der Waals surface area contributed by atoms with Gasteiger partial charge in [-0.15, -0.1) is 0 Å². The Morgan fingerprint density at radius 3 is 2.93 bits per heavy atom. The minimum Gasteiger partial charge on any atom is -0.376 e. The van der Waals surface area contributed by atoms with Crippen molar-refractivity contribution in [1.29, 1.82) is 0 Å². The van der Waals surface area contributed by atoms with E-state index in [1.54, 1.807) is 4.90 Å². The molecule has 3 aliphatic rings. The number of nitrogens with zero attached hydrogens (tertiary/aromatic N) is 1. The molecular formula is C21H28N4O4. The van der Waals surface area contributed by atoms with Gasteiger partial charge < -0.3 is 20.3 Å². The third-order valence-electron chi connectivity index (χ3n) is 5.81. The Balaban J connectivity index is 1.27. The molecule has 0 radical (unpaired) electrons. The van der Waals surface area contributed by atoms with E-state index in [4.69, 9.17) is 4.74 Å². The first-order chi connectivity index (χ1) is 14.1. The van der Waals surface area contributed by atoms with E-state index in [9.17, 15) is 14.4 Å². The zero-order valence-corrected chi connectivity index (χ0v) is 16.5. The van der Waals surface area contributed by atoms with Crippen LogP contribution >= 0.6 is 0 Å². The summed E-state index contributed by atoms with van der Waals surface area (Å²) in [7, 11) is 0. The minimum atomic E-state index is -0.564. The summed E-state index contributed by atoms with van der Waals surface area (Å²) in [4.78, 5) is 37.9. The van der Waals surface area contributed by atoms with E-state index in [1.807, 2.05) is 18.2 Å². The Kier molecular flexibility index (Phi) is 6.22. The Morgan fingerprint density at radius 2 is 2.14 bits per heavy atom. The van der Waals surface area contributed by atoms with Crippen molar-refractivity contribution in [2.45, 2.75) is 50.9 Å². The lowest BCUT2D eigenvalue weighted by Crippen LogP contribution is -2.52. The van der Waals surface area contributed by atoms with Gasteiger partial charge >= 0.3 is 0 Å². The van der Waals surface area contributed by atoms with Crippen molar-refractivity contribution in [3.05, 3.63) is 34.9 Å². The van der Waals surface area contributed by atoms with Crippen molar-refractivity contribution in [3.8, 4) is 0 Å². The monoisotopic (exact) mass is 400 g/mol. The first kappa shape index (κ1) is 20.0. The molecule has 2 atom stereocenters. The molecule has 3 heterocycles. The van der Waals surface area contributed by atoms with Crippen LogP contribution in [0.5, 0.6) is 0 Å². The number of fused-ring (bicyclic) bond motifs is 1. The largest absolute Gasteiger partial charge is 0.376 e. The van der Waals surface area contributed by atoms with Crippen LogP contribution in [0.25, 0.3) is 0 Å². The summed E-state index contributed by atoms with van der Waals surface area (Å²) in [6.07, 6.45) is 3.04. The Hall–Kier alpha value is -2.29. The molecule has 0 bridgehead atoms. The second kappa shape index (κ2) is 9.02. The molecule has 2 saturated heterocycles. The van der Waals surface area contributed by atoms with Crippen LogP contribution in [-0.2, 0) is 27.4 Å². The minimum absolute atomic E-state index is 0.127. The van der Waals surface area contributed by atoms with Crippen LogP contribution in [-0.4, -0.2) is 61.0 Å². The van der Waals surface area contributed by atoms with Gasteiger partial charge in [-0.3, -0.25) is 19.7 Å². The molecule has 0 aliphatic carbocycles. The average Bonchev–Trinajstić information content (AvgIpc) is 3.04. The normalized spacial score (nSPS) is 24.6. The highest BCUT2D eigenvalue weighted by Crippen LogP contribution is 2.28. The Morgan fingerprint density at radius 1 is 1.24 bits per heavy atom. The number of imide groups is 1. The summed E-state index contributed by atoms with van der Waals surface area (Å²) in [6.45, 7) is 4.67. The van der Waals surface area contributed by atoms with Gasteiger partial charge in [0.1, 0.15) is 6.04 Å². The Labute approximate surface area is 170 Å². The van der Waals surface area contributed by atoms with E-state index in [1.165, 1.54) is 0 Å².